The molecule has 0 heterocycles. The van der Waals surface area contributed by atoms with E-state index in [0.717, 1.165) is 6.20 Å². The van der Waals surface area contributed by atoms with E-state index < -0.39 is 23.4 Å². The average Bonchev–Trinajstić information content (AvgIpc) is 2.36. The van der Waals surface area contributed by atoms with Crippen LogP contribution in [-0.2, 0) is 4.79 Å². The third-order valence-corrected chi connectivity index (χ3v) is 2.48. The van der Waals surface area contributed by atoms with Crippen LogP contribution in [0, 0.1) is 12.3 Å². The fourth-order valence-electron chi connectivity index (χ4n) is 1.45. The zero-order valence-electron chi connectivity index (χ0n) is 10.9. The van der Waals surface area contributed by atoms with Crippen molar-refractivity contribution in [3.8, 4) is 0 Å². The van der Waals surface area contributed by atoms with Gasteiger partial charge in [-0.1, -0.05) is 18.2 Å². The maximum atomic E-state index is 12.5. The second-order valence-corrected chi connectivity index (χ2v) is 3.99. The average molecular weight is 285 g/mol. The van der Waals surface area contributed by atoms with Gasteiger partial charge in [-0.3, -0.25) is 10.2 Å². The molecule has 0 radical (unpaired) electrons. The monoisotopic (exact) mass is 285 g/mol. The van der Waals surface area contributed by atoms with E-state index in [1.807, 2.05) is 0 Å². The predicted molar refractivity (Wildman–Crippen MR) is 70.7 cm³/mol. The summed E-state index contributed by atoms with van der Waals surface area (Å²) in [4.78, 5) is 11.9. The molecule has 3 N–H and O–H groups in total. The Kier molecular flexibility index (Phi) is 4.90. The van der Waals surface area contributed by atoms with E-state index in [1.54, 1.807) is 31.2 Å². The number of anilines is 1. The van der Waals surface area contributed by atoms with Crippen molar-refractivity contribution in [2.75, 3.05) is 12.4 Å². The molecule has 0 atom stereocenters. The standard InChI is InChI=1S/C13H14F3N3O/c1-8-5-3-4-6-10(8)19-12(20)9(7-18-2)11(17)13(14,15)16/h3-7,17-18H,1-2H3,(H,19,20)/b9-7+,17-11?. The highest BCUT2D eigenvalue weighted by molar-refractivity contribution is 6.26. The Hall–Kier alpha value is -2.31. The quantitative estimate of drug-likeness (QED) is 0.588. The lowest BCUT2D eigenvalue weighted by Crippen LogP contribution is -2.31. The molecule has 108 valence electrons. The van der Waals surface area contributed by atoms with Crippen LogP contribution in [0.1, 0.15) is 5.56 Å². The lowest BCUT2D eigenvalue weighted by Gasteiger charge is -2.13. The number of nitrogens with one attached hydrogen (secondary N) is 3. The molecule has 1 amide bonds. The first-order chi connectivity index (χ1) is 9.27. The molecule has 4 nitrogen and oxygen atoms in total. The Bertz CT molecular complexity index is 550. The van der Waals surface area contributed by atoms with Crippen LogP contribution in [0.5, 0.6) is 0 Å². The Morgan fingerprint density at radius 3 is 2.40 bits per heavy atom. The molecule has 0 saturated carbocycles. The minimum absolute atomic E-state index is 0.398. The third-order valence-electron chi connectivity index (χ3n) is 2.48. The normalized spacial score (nSPS) is 11.9. The number of aryl methyl sites for hydroxylation is 1. The van der Waals surface area contributed by atoms with Crippen molar-refractivity contribution in [2.45, 2.75) is 13.1 Å². The Morgan fingerprint density at radius 1 is 1.30 bits per heavy atom. The van der Waals surface area contributed by atoms with Gasteiger partial charge in [-0.05, 0) is 18.6 Å². The molecule has 1 aromatic carbocycles. The van der Waals surface area contributed by atoms with E-state index in [2.05, 4.69) is 10.6 Å². The highest BCUT2D eigenvalue weighted by atomic mass is 19.4. The van der Waals surface area contributed by atoms with Gasteiger partial charge >= 0.3 is 6.18 Å². The first kappa shape index (κ1) is 15.7. The fraction of sp³-hybridized carbons (Fsp3) is 0.231. The van der Waals surface area contributed by atoms with Crippen molar-refractivity contribution in [3.05, 3.63) is 41.6 Å². The van der Waals surface area contributed by atoms with E-state index >= 15 is 0 Å². The van der Waals surface area contributed by atoms with Crippen LogP contribution >= 0.6 is 0 Å². The summed E-state index contributed by atoms with van der Waals surface area (Å²) in [5, 5.41) is 11.8. The van der Waals surface area contributed by atoms with Crippen molar-refractivity contribution >= 4 is 17.3 Å². The summed E-state index contributed by atoms with van der Waals surface area (Å²) in [6, 6.07) is 6.68. The summed E-state index contributed by atoms with van der Waals surface area (Å²) >= 11 is 0. The van der Waals surface area contributed by atoms with Crippen molar-refractivity contribution in [2.24, 2.45) is 0 Å². The molecule has 0 spiro atoms. The van der Waals surface area contributed by atoms with E-state index in [1.165, 1.54) is 7.05 Å². The second kappa shape index (κ2) is 6.23. The zero-order chi connectivity index (χ0) is 15.3. The number of carbonyl (C=O) groups excluding carboxylic acids is 1. The van der Waals surface area contributed by atoms with Crippen molar-refractivity contribution in [3.63, 3.8) is 0 Å². The molecular formula is C13H14F3N3O. The molecular weight excluding hydrogens is 271 g/mol. The maximum absolute atomic E-state index is 12.5. The van der Waals surface area contributed by atoms with Gasteiger partial charge in [0.25, 0.3) is 5.91 Å². The molecule has 1 aromatic rings. The predicted octanol–water partition coefficient (Wildman–Crippen LogP) is 2.62. The number of halogens is 3. The van der Waals surface area contributed by atoms with Crippen LogP contribution in [0.25, 0.3) is 0 Å². The van der Waals surface area contributed by atoms with Crippen molar-refractivity contribution in [1.29, 1.82) is 5.41 Å². The first-order valence-corrected chi connectivity index (χ1v) is 5.68. The van der Waals surface area contributed by atoms with Gasteiger partial charge in [0.1, 0.15) is 5.71 Å². The Labute approximate surface area is 114 Å². The minimum Gasteiger partial charge on any atom is -0.393 e. The largest absolute Gasteiger partial charge is 0.433 e. The van der Waals surface area contributed by atoms with Gasteiger partial charge in [0, 0.05) is 18.9 Å². The third kappa shape index (κ3) is 3.84. The van der Waals surface area contributed by atoms with E-state index in [-0.39, 0.29) is 0 Å². The van der Waals surface area contributed by atoms with E-state index in [9.17, 15) is 18.0 Å². The lowest BCUT2D eigenvalue weighted by atomic mass is 10.1. The molecule has 0 aliphatic carbocycles. The van der Waals surface area contributed by atoms with Gasteiger partial charge in [0.05, 0.1) is 5.57 Å². The summed E-state index contributed by atoms with van der Waals surface area (Å²) in [5.74, 6) is -0.990. The Morgan fingerprint density at radius 2 is 1.90 bits per heavy atom. The van der Waals surface area contributed by atoms with Gasteiger partial charge in [-0.15, -0.1) is 0 Å². The van der Waals surface area contributed by atoms with Crippen LogP contribution in [0.15, 0.2) is 36.0 Å². The van der Waals surface area contributed by atoms with Crippen LogP contribution < -0.4 is 10.6 Å². The highest BCUT2D eigenvalue weighted by Crippen LogP contribution is 2.22. The van der Waals surface area contributed by atoms with Gasteiger partial charge in [0.2, 0.25) is 0 Å². The van der Waals surface area contributed by atoms with Crippen LogP contribution in [0.4, 0.5) is 18.9 Å². The molecule has 0 aliphatic heterocycles. The van der Waals surface area contributed by atoms with Gasteiger partial charge in [-0.2, -0.15) is 13.2 Å². The molecule has 20 heavy (non-hydrogen) atoms. The SMILES string of the molecule is CN/C=C(\C(=N)C(F)(F)F)C(=O)Nc1ccccc1C. The molecule has 0 fully saturated rings. The molecule has 0 unspecified atom stereocenters. The molecule has 0 aromatic heterocycles. The summed E-state index contributed by atoms with van der Waals surface area (Å²) < 4.78 is 37.6. The molecule has 0 bridgehead atoms. The summed E-state index contributed by atoms with van der Waals surface area (Å²) in [6.07, 6.45) is -4.03. The van der Waals surface area contributed by atoms with Gasteiger partial charge < -0.3 is 10.6 Å². The summed E-state index contributed by atoms with van der Waals surface area (Å²) in [7, 11) is 1.35. The number of amides is 1. The van der Waals surface area contributed by atoms with E-state index in [4.69, 9.17) is 5.41 Å². The number of hydrogen-bond acceptors (Lipinski definition) is 3. The fourth-order valence-corrected chi connectivity index (χ4v) is 1.45. The Balaban J connectivity index is 3.01. The molecule has 0 saturated heterocycles. The first-order valence-electron chi connectivity index (χ1n) is 5.68. The van der Waals surface area contributed by atoms with E-state index in [0.29, 0.717) is 11.3 Å². The van der Waals surface area contributed by atoms with Crippen LogP contribution in [0.3, 0.4) is 0 Å². The number of carbonyl (C=O) groups is 1. The van der Waals surface area contributed by atoms with Crippen molar-refractivity contribution in [1.82, 2.24) is 5.32 Å². The number of hydrogen-bond donors (Lipinski definition) is 3. The number of para-hydroxylation sites is 1. The minimum atomic E-state index is -4.88. The lowest BCUT2D eigenvalue weighted by molar-refractivity contribution is -0.113. The van der Waals surface area contributed by atoms with Gasteiger partial charge in [-0.25, -0.2) is 0 Å². The molecule has 1 rings (SSSR count). The number of alkyl halides is 3. The second-order valence-electron chi connectivity index (χ2n) is 3.99. The topological polar surface area (TPSA) is 65.0 Å². The maximum Gasteiger partial charge on any atom is 0.433 e. The zero-order valence-corrected chi connectivity index (χ0v) is 10.9. The summed E-state index contributed by atoms with van der Waals surface area (Å²) in [5.41, 5.74) is -1.36. The highest BCUT2D eigenvalue weighted by Gasteiger charge is 2.39. The van der Waals surface area contributed by atoms with Crippen LogP contribution in [0.2, 0.25) is 0 Å². The number of benzene rings is 1. The number of rotatable bonds is 4. The van der Waals surface area contributed by atoms with Crippen LogP contribution in [-0.4, -0.2) is 24.8 Å². The van der Waals surface area contributed by atoms with Gasteiger partial charge in [0.15, 0.2) is 0 Å². The summed E-state index contributed by atoms with van der Waals surface area (Å²) in [6.45, 7) is 1.71. The molecule has 0 aliphatic rings. The molecule has 7 heteroatoms. The van der Waals surface area contributed by atoms with Crippen molar-refractivity contribution < 1.29 is 18.0 Å². The smallest absolute Gasteiger partial charge is 0.393 e.